The molecule has 0 unspecified atom stereocenters. The molecule has 0 bridgehead atoms. The normalized spacial score (nSPS) is 10.6. The maximum Gasteiger partial charge on any atom is 0.253 e. The molecular formula is C15H24N2O2. The highest BCUT2D eigenvalue weighted by atomic mass is 16.5. The predicted molar refractivity (Wildman–Crippen MR) is 77.7 cm³/mol. The van der Waals surface area contributed by atoms with E-state index in [9.17, 15) is 4.79 Å². The zero-order valence-corrected chi connectivity index (χ0v) is 12.3. The van der Waals surface area contributed by atoms with E-state index in [0.29, 0.717) is 24.6 Å². The van der Waals surface area contributed by atoms with Gasteiger partial charge in [0.15, 0.2) is 0 Å². The second-order valence-electron chi connectivity index (χ2n) is 5.06. The van der Waals surface area contributed by atoms with Crippen molar-refractivity contribution >= 4 is 5.91 Å². The highest BCUT2D eigenvalue weighted by Crippen LogP contribution is 2.14. The summed E-state index contributed by atoms with van der Waals surface area (Å²) in [4.78, 5) is 13.8. The molecule has 1 N–H and O–H groups in total. The first-order valence-corrected chi connectivity index (χ1v) is 6.67. The number of likely N-dealkylation sites (N-methyl/N-ethyl adjacent to an activating group) is 2. The number of rotatable bonds is 7. The molecule has 4 nitrogen and oxygen atoms in total. The summed E-state index contributed by atoms with van der Waals surface area (Å²) >= 11 is 0. The summed E-state index contributed by atoms with van der Waals surface area (Å²) < 4.78 is 5.59. The van der Waals surface area contributed by atoms with Gasteiger partial charge in [-0.2, -0.15) is 0 Å². The van der Waals surface area contributed by atoms with Crippen molar-refractivity contribution in [2.75, 3.05) is 33.8 Å². The average molecular weight is 264 g/mol. The van der Waals surface area contributed by atoms with Crippen LogP contribution in [-0.2, 0) is 0 Å². The van der Waals surface area contributed by atoms with Gasteiger partial charge in [-0.1, -0.05) is 13.8 Å². The lowest BCUT2D eigenvalue weighted by atomic mass is 10.2. The fourth-order valence-electron chi connectivity index (χ4n) is 1.56. The Morgan fingerprint density at radius 2 is 1.95 bits per heavy atom. The number of carbonyl (C=O) groups is 1. The minimum Gasteiger partial charge on any atom is -0.493 e. The van der Waals surface area contributed by atoms with Crippen LogP contribution >= 0.6 is 0 Å². The minimum atomic E-state index is 0.0330. The molecule has 1 rings (SSSR count). The maximum absolute atomic E-state index is 12.1. The highest BCUT2D eigenvalue weighted by Gasteiger charge is 2.10. The standard InChI is InChI=1S/C15H24N2O2/c1-12(2)11-19-14-7-5-13(6-8-14)15(18)17(4)10-9-16-3/h5-8,12,16H,9-11H2,1-4H3. The molecule has 19 heavy (non-hydrogen) atoms. The topological polar surface area (TPSA) is 41.6 Å². The van der Waals surface area contributed by atoms with E-state index in [2.05, 4.69) is 19.2 Å². The van der Waals surface area contributed by atoms with Gasteiger partial charge in [0, 0.05) is 25.7 Å². The SMILES string of the molecule is CNCCN(C)C(=O)c1ccc(OCC(C)C)cc1. The first-order chi connectivity index (χ1) is 9.04. The fourth-order valence-corrected chi connectivity index (χ4v) is 1.56. The molecule has 1 amide bonds. The smallest absolute Gasteiger partial charge is 0.253 e. The fraction of sp³-hybridized carbons (Fsp3) is 0.533. The maximum atomic E-state index is 12.1. The number of amides is 1. The van der Waals surface area contributed by atoms with Crippen molar-refractivity contribution in [2.24, 2.45) is 5.92 Å². The van der Waals surface area contributed by atoms with Crippen molar-refractivity contribution in [2.45, 2.75) is 13.8 Å². The zero-order chi connectivity index (χ0) is 14.3. The van der Waals surface area contributed by atoms with Crippen LogP contribution in [0.5, 0.6) is 5.75 Å². The van der Waals surface area contributed by atoms with Crippen molar-refractivity contribution in [3.63, 3.8) is 0 Å². The summed E-state index contributed by atoms with van der Waals surface area (Å²) in [6.07, 6.45) is 0. The van der Waals surface area contributed by atoms with Crippen LogP contribution in [0.4, 0.5) is 0 Å². The molecule has 0 fully saturated rings. The Hall–Kier alpha value is -1.55. The number of carbonyl (C=O) groups excluding carboxylic acids is 1. The van der Waals surface area contributed by atoms with Gasteiger partial charge in [0.05, 0.1) is 6.61 Å². The van der Waals surface area contributed by atoms with E-state index in [1.807, 2.05) is 38.4 Å². The molecule has 0 aliphatic rings. The number of ether oxygens (including phenoxy) is 1. The van der Waals surface area contributed by atoms with Crippen LogP contribution in [0, 0.1) is 5.92 Å². The summed E-state index contributed by atoms with van der Waals surface area (Å²) in [5, 5.41) is 3.03. The molecular weight excluding hydrogens is 240 g/mol. The molecule has 0 aliphatic carbocycles. The van der Waals surface area contributed by atoms with Crippen LogP contribution in [0.25, 0.3) is 0 Å². The lowest BCUT2D eigenvalue weighted by Gasteiger charge is -2.17. The predicted octanol–water partition coefficient (Wildman–Crippen LogP) is 2.01. The molecule has 1 aromatic carbocycles. The summed E-state index contributed by atoms with van der Waals surface area (Å²) in [6.45, 7) is 6.39. The van der Waals surface area contributed by atoms with E-state index in [4.69, 9.17) is 4.74 Å². The minimum absolute atomic E-state index is 0.0330. The molecule has 106 valence electrons. The number of nitrogens with zero attached hydrogens (tertiary/aromatic N) is 1. The molecule has 0 aromatic heterocycles. The quantitative estimate of drug-likeness (QED) is 0.819. The van der Waals surface area contributed by atoms with Gasteiger partial charge in [0.25, 0.3) is 5.91 Å². The third-order valence-corrected chi connectivity index (χ3v) is 2.73. The molecule has 1 aromatic rings. The molecule has 0 aliphatic heterocycles. The lowest BCUT2D eigenvalue weighted by Crippen LogP contribution is -2.32. The van der Waals surface area contributed by atoms with E-state index in [1.54, 1.807) is 4.90 Å². The van der Waals surface area contributed by atoms with Gasteiger partial charge in [0.1, 0.15) is 5.75 Å². The van der Waals surface area contributed by atoms with Crippen molar-refractivity contribution < 1.29 is 9.53 Å². The van der Waals surface area contributed by atoms with Crippen LogP contribution in [0.3, 0.4) is 0 Å². The Bertz CT molecular complexity index is 388. The second kappa shape index (κ2) is 7.79. The molecule has 0 spiro atoms. The monoisotopic (exact) mass is 264 g/mol. The Kier molecular flexibility index (Phi) is 6.36. The summed E-state index contributed by atoms with van der Waals surface area (Å²) in [5.41, 5.74) is 0.690. The second-order valence-corrected chi connectivity index (χ2v) is 5.06. The molecule has 0 saturated heterocycles. The lowest BCUT2D eigenvalue weighted by molar-refractivity contribution is 0.0797. The van der Waals surface area contributed by atoms with Crippen LogP contribution in [0.2, 0.25) is 0 Å². The van der Waals surface area contributed by atoms with E-state index in [0.717, 1.165) is 12.3 Å². The molecule has 0 radical (unpaired) electrons. The van der Waals surface area contributed by atoms with E-state index in [1.165, 1.54) is 0 Å². The first kappa shape index (κ1) is 15.5. The van der Waals surface area contributed by atoms with E-state index >= 15 is 0 Å². The van der Waals surface area contributed by atoms with Crippen molar-refractivity contribution in [1.29, 1.82) is 0 Å². The van der Waals surface area contributed by atoms with Gasteiger partial charge >= 0.3 is 0 Å². The summed E-state index contributed by atoms with van der Waals surface area (Å²) in [5.74, 6) is 1.34. The van der Waals surface area contributed by atoms with Crippen molar-refractivity contribution in [1.82, 2.24) is 10.2 Å². The van der Waals surface area contributed by atoms with Gasteiger partial charge in [-0.3, -0.25) is 4.79 Å². The number of nitrogens with one attached hydrogen (secondary N) is 1. The van der Waals surface area contributed by atoms with Gasteiger partial charge < -0.3 is 15.0 Å². The molecule has 0 saturated carbocycles. The Morgan fingerprint density at radius 1 is 1.32 bits per heavy atom. The Morgan fingerprint density at radius 3 is 2.47 bits per heavy atom. The summed E-state index contributed by atoms with van der Waals surface area (Å²) in [6, 6.07) is 7.32. The molecule has 0 heterocycles. The summed E-state index contributed by atoms with van der Waals surface area (Å²) in [7, 11) is 3.68. The van der Waals surface area contributed by atoms with E-state index in [-0.39, 0.29) is 5.91 Å². The molecule has 4 heteroatoms. The Balaban J connectivity index is 2.57. The zero-order valence-electron chi connectivity index (χ0n) is 12.3. The van der Waals surface area contributed by atoms with Gasteiger partial charge in [-0.05, 0) is 37.2 Å². The number of hydrogen-bond acceptors (Lipinski definition) is 3. The van der Waals surface area contributed by atoms with Gasteiger partial charge in [-0.25, -0.2) is 0 Å². The van der Waals surface area contributed by atoms with Crippen LogP contribution in [0.15, 0.2) is 24.3 Å². The molecule has 0 atom stereocenters. The average Bonchev–Trinajstić information content (AvgIpc) is 2.42. The third-order valence-electron chi connectivity index (χ3n) is 2.73. The van der Waals surface area contributed by atoms with Crippen LogP contribution < -0.4 is 10.1 Å². The van der Waals surface area contributed by atoms with Crippen LogP contribution in [0.1, 0.15) is 24.2 Å². The number of benzene rings is 1. The van der Waals surface area contributed by atoms with Crippen molar-refractivity contribution in [3.05, 3.63) is 29.8 Å². The largest absolute Gasteiger partial charge is 0.493 e. The Labute approximate surface area is 115 Å². The van der Waals surface area contributed by atoms with Gasteiger partial charge in [-0.15, -0.1) is 0 Å². The highest BCUT2D eigenvalue weighted by molar-refractivity contribution is 5.94. The third kappa shape index (κ3) is 5.30. The van der Waals surface area contributed by atoms with Gasteiger partial charge in [0.2, 0.25) is 0 Å². The van der Waals surface area contributed by atoms with Crippen molar-refractivity contribution in [3.8, 4) is 5.75 Å². The van der Waals surface area contributed by atoms with E-state index < -0.39 is 0 Å². The van der Waals surface area contributed by atoms with Crippen LogP contribution in [-0.4, -0.2) is 44.6 Å². The first-order valence-electron chi connectivity index (χ1n) is 6.67. The number of hydrogen-bond donors (Lipinski definition) is 1.